The van der Waals surface area contributed by atoms with Gasteiger partial charge in [-0.2, -0.15) is 0 Å². The van der Waals surface area contributed by atoms with Crippen LogP contribution in [0.5, 0.6) is 0 Å². The number of carbonyl (C=O) groups is 1. The maximum atomic E-state index is 11.9. The van der Waals surface area contributed by atoms with Crippen LogP contribution >= 0.6 is 0 Å². The molecule has 1 aliphatic heterocycles. The Morgan fingerprint density at radius 1 is 1.45 bits per heavy atom. The van der Waals surface area contributed by atoms with E-state index in [9.17, 15) is 14.9 Å². The van der Waals surface area contributed by atoms with Crippen LogP contribution in [0.15, 0.2) is 18.2 Å². The second kappa shape index (κ2) is 5.90. The van der Waals surface area contributed by atoms with Crippen molar-refractivity contribution in [3.05, 3.63) is 33.9 Å². The molecule has 108 valence electrons. The molecule has 0 spiro atoms. The summed E-state index contributed by atoms with van der Waals surface area (Å²) in [5.74, 6) is -0.331. The fourth-order valence-electron chi connectivity index (χ4n) is 2.74. The highest BCUT2D eigenvalue weighted by molar-refractivity contribution is 5.82. The molecule has 1 atom stereocenters. The summed E-state index contributed by atoms with van der Waals surface area (Å²) in [6.07, 6.45) is 2.51. The minimum Gasteiger partial charge on any atom is -0.467 e. The standard InChI is InChI=1S/C14H18N2O4/c1-10-6-5-8-11(16(18)19)13(10)15-9-4-3-7-12(15)14(17)20-2/h5-6,8,12H,3-4,7,9H2,1-2H3. The van der Waals surface area contributed by atoms with Gasteiger partial charge in [-0.05, 0) is 31.7 Å². The lowest BCUT2D eigenvalue weighted by molar-refractivity contribution is -0.384. The highest BCUT2D eigenvalue weighted by Gasteiger charge is 2.34. The Labute approximate surface area is 117 Å². The molecular formula is C14H18N2O4. The molecule has 1 aromatic carbocycles. The zero-order valence-electron chi connectivity index (χ0n) is 11.7. The summed E-state index contributed by atoms with van der Waals surface area (Å²) in [6.45, 7) is 2.46. The lowest BCUT2D eigenvalue weighted by atomic mass is 9.99. The monoisotopic (exact) mass is 278 g/mol. The number of nitro benzene ring substituents is 1. The van der Waals surface area contributed by atoms with Gasteiger partial charge in [0.2, 0.25) is 0 Å². The highest BCUT2D eigenvalue weighted by Crippen LogP contribution is 2.35. The minimum atomic E-state index is -0.437. The smallest absolute Gasteiger partial charge is 0.328 e. The number of hydrogen-bond acceptors (Lipinski definition) is 5. The number of esters is 1. The van der Waals surface area contributed by atoms with Gasteiger partial charge in [0.15, 0.2) is 0 Å². The van der Waals surface area contributed by atoms with Gasteiger partial charge in [-0.3, -0.25) is 10.1 Å². The summed E-state index contributed by atoms with van der Waals surface area (Å²) >= 11 is 0. The van der Waals surface area contributed by atoms with E-state index in [2.05, 4.69) is 0 Å². The van der Waals surface area contributed by atoms with Gasteiger partial charge in [0.25, 0.3) is 5.69 Å². The van der Waals surface area contributed by atoms with Crippen LogP contribution in [-0.4, -0.2) is 30.6 Å². The van der Waals surface area contributed by atoms with Crippen molar-refractivity contribution in [1.29, 1.82) is 0 Å². The zero-order chi connectivity index (χ0) is 14.7. The number of anilines is 1. The molecule has 1 aromatic rings. The van der Waals surface area contributed by atoms with Gasteiger partial charge in [0.1, 0.15) is 11.7 Å². The maximum Gasteiger partial charge on any atom is 0.328 e. The lowest BCUT2D eigenvalue weighted by Crippen LogP contribution is -2.46. The Balaban J connectivity index is 2.47. The molecule has 0 radical (unpaired) electrons. The normalized spacial score (nSPS) is 18.7. The van der Waals surface area contributed by atoms with Crippen LogP contribution in [0.4, 0.5) is 11.4 Å². The SMILES string of the molecule is COC(=O)C1CCCCN1c1c(C)cccc1[N+](=O)[O-]. The van der Waals surface area contributed by atoms with Gasteiger partial charge in [-0.25, -0.2) is 4.79 Å². The summed E-state index contributed by atoms with van der Waals surface area (Å²) in [4.78, 5) is 24.6. The zero-order valence-corrected chi connectivity index (χ0v) is 11.7. The molecule has 1 saturated heterocycles. The molecule has 0 bridgehead atoms. The van der Waals surface area contributed by atoms with Crippen molar-refractivity contribution in [2.45, 2.75) is 32.2 Å². The van der Waals surface area contributed by atoms with E-state index >= 15 is 0 Å². The minimum absolute atomic E-state index is 0.0424. The first-order valence-electron chi connectivity index (χ1n) is 6.64. The second-order valence-electron chi connectivity index (χ2n) is 4.93. The van der Waals surface area contributed by atoms with Crippen molar-refractivity contribution >= 4 is 17.3 Å². The van der Waals surface area contributed by atoms with Crippen molar-refractivity contribution in [3.8, 4) is 0 Å². The molecular weight excluding hydrogens is 260 g/mol. The molecule has 0 saturated carbocycles. The molecule has 6 nitrogen and oxygen atoms in total. The van der Waals surface area contributed by atoms with E-state index in [0.717, 1.165) is 18.4 Å². The number of aryl methyl sites for hydroxylation is 1. The van der Waals surface area contributed by atoms with E-state index < -0.39 is 11.0 Å². The topological polar surface area (TPSA) is 72.7 Å². The van der Waals surface area contributed by atoms with Crippen LogP contribution < -0.4 is 4.90 Å². The van der Waals surface area contributed by atoms with Crippen molar-refractivity contribution in [2.24, 2.45) is 0 Å². The molecule has 2 rings (SSSR count). The molecule has 0 amide bonds. The fraction of sp³-hybridized carbons (Fsp3) is 0.500. The molecule has 1 heterocycles. The first kappa shape index (κ1) is 14.3. The van der Waals surface area contributed by atoms with Gasteiger partial charge >= 0.3 is 5.97 Å². The largest absolute Gasteiger partial charge is 0.467 e. The van der Waals surface area contributed by atoms with E-state index in [1.165, 1.54) is 13.2 Å². The Hall–Kier alpha value is -2.11. The van der Waals surface area contributed by atoms with Crippen LogP contribution in [-0.2, 0) is 9.53 Å². The average Bonchev–Trinajstić information content (AvgIpc) is 2.46. The molecule has 6 heteroatoms. The van der Waals surface area contributed by atoms with E-state index in [-0.39, 0.29) is 11.7 Å². The van der Waals surface area contributed by atoms with Crippen LogP contribution in [0.3, 0.4) is 0 Å². The fourth-order valence-corrected chi connectivity index (χ4v) is 2.74. The number of carbonyl (C=O) groups excluding carboxylic acids is 1. The number of hydrogen-bond donors (Lipinski definition) is 0. The Kier molecular flexibility index (Phi) is 4.22. The first-order chi connectivity index (χ1) is 9.56. The predicted molar refractivity (Wildman–Crippen MR) is 74.8 cm³/mol. The number of methoxy groups -OCH3 is 1. The molecule has 1 aliphatic rings. The molecule has 0 aromatic heterocycles. The Bertz CT molecular complexity index is 530. The van der Waals surface area contributed by atoms with E-state index in [4.69, 9.17) is 4.74 Å². The Morgan fingerprint density at radius 2 is 2.20 bits per heavy atom. The lowest BCUT2D eigenvalue weighted by Gasteiger charge is -2.36. The van der Waals surface area contributed by atoms with Crippen LogP contribution in [0.2, 0.25) is 0 Å². The highest BCUT2D eigenvalue weighted by atomic mass is 16.6. The number of ether oxygens (including phenoxy) is 1. The summed E-state index contributed by atoms with van der Waals surface area (Å²) in [7, 11) is 1.35. The van der Waals surface area contributed by atoms with Gasteiger partial charge < -0.3 is 9.64 Å². The van der Waals surface area contributed by atoms with E-state index in [1.807, 2.05) is 17.9 Å². The third kappa shape index (κ3) is 2.59. The summed E-state index contributed by atoms with van der Waals surface area (Å²) in [5.41, 5.74) is 1.38. The van der Waals surface area contributed by atoms with Crippen LogP contribution in [0.25, 0.3) is 0 Å². The van der Waals surface area contributed by atoms with Gasteiger partial charge in [0.05, 0.1) is 12.0 Å². The Morgan fingerprint density at radius 3 is 2.85 bits per heavy atom. The van der Waals surface area contributed by atoms with Crippen LogP contribution in [0.1, 0.15) is 24.8 Å². The van der Waals surface area contributed by atoms with E-state index in [0.29, 0.717) is 18.7 Å². The summed E-state index contributed by atoms with van der Waals surface area (Å²) in [6, 6.07) is 4.53. The number of nitrogens with zero attached hydrogens (tertiary/aromatic N) is 2. The number of nitro groups is 1. The summed E-state index contributed by atoms with van der Waals surface area (Å²) in [5, 5.41) is 11.2. The maximum absolute atomic E-state index is 11.9. The number of benzene rings is 1. The van der Waals surface area contributed by atoms with Crippen molar-refractivity contribution < 1.29 is 14.5 Å². The third-order valence-corrected chi connectivity index (χ3v) is 3.68. The third-order valence-electron chi connectivity index (χ3n) is 3.68. The molecule has 0 N–H and O–H groups in total. The first-order valence-corrected chi connectivity index (χ1v) is 6.64. The second-order valence-corrected chi connectivity index (χ2v) is 4.93. The number of rotatable bonds is 3. The number of para-hydroxylation sites is 1. The van der Waals surface area contributed by atoms with E-state index in [1.54, 1.807) is 6.07 Å². The molecule has 0 aliphatic carbocycles. The van der Waals surface area contributed by atoms with Gasteiger partial charge in [-0.1, -0.05) is 12.1 Å². The molecule has 1 unspecified atom stereocenters. The predicted octanol–water partition coefficient (Wildman–Crippen LogP) is 2.44. The molecule has 1 fully saturated rings. The average molecular weight is 278 g/mol. The number of piperidine rings is 1. The van der Waals surface area contributed by atoms with Gasteiger partial charge in [-0.15, -0.1) is 0 Å². The quantitative estimate of drug-likeness (QED) is 0.482. The van der Waals surface area contributed by atoms with Crippen molar-refractivity contribution in [2.75, 3.05) is 18.6 Å². The van der Waals surface area contributed by atoms with Crippen LogP contribution in [0, 0.1) is 17.0 Å². The molecule has 20 heavy (non-hydrogen) atoms. The summed E-state index contributed by atoms with van der Waals surface area (Å²) < 4.78 is 4.83. The van der Waals surface area contributed by atoms with Gasteiger partial charge in [0, 0.05) is 12.6 Å². The van der Waals surface area contributed by atoms with Crippen molar-refractivity contribution in [1.82, 2.24) is 0 Å². The van der Waals surface area contributed by atoms with Crippen molar-refractivity contribution in [3.63, 3.8) is 0 Å².